The fourth-order valence-corrected chi connectivity index (χ4v) is 1.69. The summed E-state index contributed by atoms with van der Waals surface area (Å²) in [6, 6.07) is 3.38. The number of aliphatic carboxylic acids is 1. The highest BCUT2D eigenvalue weighted by Crippen LogP contribution is 2.30. The van der Waals surface area contributed by atoms with Gasteiger partial charge in [-0.15, -0.1) is 0 Å². The topological polar surface area (TPSA) is 72.6 Å². The van der Waals surface area contributed by atoms with Gasteiger partial charge < -0.3 is 15.6 Å². The van der Waals surface area contributed by atoms with Gasteiger partial charge in [-0.25, -0.2) is 0 Å². The lowest BCUT2D eigenvalue weighted by Gasteiger charge is -2.15. The van der Waals surface area contributed by atoms with Crippen molar-refractivity contribution >= 4 is 21.9 Å². The molecule has 0 aromatic heterocycles. The van der Waals surface area contributed by atoms with Gasteiger partial charge in [-0.05, 0) is 18.2 Å². The zero-order valence-corrected chi connectivity index (χ0v) is 10.2. The number of alkyl halides is 2. The van der Waals surface area contributed by atoms with E-state index in [-0.39, 0.29) is 17.7 Å². The maximum absolute atomic E-state index is 12.1. The van der Waals surface area contributed by atoms with Crippen molar-refractivity contribution in [2.45, 2.75) is 19.1 Å². The van der Waals surface area contributed by atoms with Crippen LogP contribution in [0.1, 0.15) is 18.0 Å². The Bertz CT molecular complexity index is 415. The van der Waals surface area contributed by atoms with Crippen molar-refractivity contribution in [2.75, 3.05) is 0 Å². The second-order valence-corrected chi connectivity index (χ2v) is 4.18. The van der Waals surface area contributed by atoms with Crippen LogP contribution in [-0.2, 0) is 4.79 Å². The van der Waals surface area contributed by atoms with Crippen LogP contribution in [0.25, 0.3) is 0 Å². The molecule has 1 aromatic rings. The molecule has 3 N–H and O–H groups in total. The third-order valence-electron chi connectivity index (χ3n) is 1.98. The van der Waals surface area contributed by atoms with Crippen LogP contribution in [0.15, 0.2) is 22.7 Å². The van der Waals surface area contributed by atoms with Crippen molar-refractivity contribution < 1.29 is 23.4 Å². The molecule has 0 saturated heterocycles. The van der Waals surface area contributed by atoms with Gasteiger partial charge in [0, 0.05) is 16.1 Å². The SMILES string of the molecule is N[C@@H](CC(=O)O)c1cc(Br)ccc1OC(F)F. The second-order valence-electron chi connectivity index (χ2n) is 3.27. The van der Waals surface area contributed by atoms with Crippen LogP contribution < -0.4 is 10.5 Å². The maximum atomic E-state index is 12.1. The molecular weight excluding hydrogens is 300 g/mol. The largest absolute Gasteiger partial charge is 0.481 e. The number of hydrogen-bond donors (Lipinski definition) is 2. The molecule has 7 heteroatoms. The Morgan fingerprint density at radius 2 is 2.18 bits per heavy atom. The third kappa shape index (κ3) is 4.27. The van der Waals surface area contributed by atoms with Gasteiger partial charge in [-0.2, -0.15) is 8.78 Å². The van der Waals surface area contributed by atoms with E-state index in [9.17, 15) is 13.6 Å². The summed E-state index contributed by atoms with van der Waals surface area (Å²) < 4.78 is 29.2. The predicted octanol–water partition coefficient (Wildman–Crippen LogP) is 2.53. The summed E-state index contributed by atoms with van der Waals surface area (Å²) in [6.07, 6.45) is -0.365. The van der Waals surface area contributed by atoms with Crippen LogP contribution >= 0.6 is 15.9 Å². The highest BCUT2D eigenvalue weighted by molar-refractivity contribution is 9.10. The lowest BCUT2D eigenvalue weighted by Crippen LogP contribution is -2.17. The first kappa shape index (κ1) is 13.9. The lowest BCUT2D eigenvalue weighted by molar-refractivity contribution is -0.137. The number of halogens is 3. The summed E-state index contributed by atoms with van der Waals surface area (Å²) in [5, 5.41) is 8.61. The summed E-state index contributed by atoms with van der Waals surface area (Å²) in [4.78, 5) is 10.5. The second kappa shape index (κ2) is 5.92. The highest BCUT2D eigenvalue weighted by Gasteiger charge is 2.18. The molecule has 0 heterocycles. The molecule has 94 valence electrons. The molecule has 1 aromatic carbocycles. The summed E-state index contributed by atoms with van der Waals surface area (Å²) in [5.74, 6) is -1.22. The molecule has 1 rings (SSSR count). The molecule has 0 aliphatic rings. The van der Waals surface area contributed by atoms with Crippen molar-refractivity contribution in [3.63, 3.8) is 0 Å². The van der Waals surface area contributed by atoms with Crippen LogP contribution in [0.2, 0.25) is 0 Å². The number of carbonyl (C=O) groups is 1. The molecule has 0 amide bonds. The Morgan fingerprint density at radius 3 is 2.71 bits per heavy atom. The molecule has 0 radical (unpaired) electrons. The Balaban J connectivity index is 3.01. The van der Waals surface area contributed by atoms with E-state index in [1.807, 2.05) is 0 Å². The van der Waals surface area contributed by atoms with Crippen molar-refractivity contribution in [1.29, 1.82) is 0 Å². The Hall–Kier alpha value is -1.21. The standard InChI is InChI=1S/C10H10BrF2NO3/c11-5-1-2-8(17-10(12)13)6(3-5)7(14)4-9(15)16/h1-3,7,10H,4,14H2,(H,15,16)/t7-/m0/s1. The molecule has 4 nitrogen and oxygen atoms in total. The van der Waals surface area contributed by atoms with Gasteiger partial charge >= 0.3 is 12.6 Å². The summed E-state index contributed by atoms with van der Waals surface area (Å²) in [6.45, 7) is -2.98. The summed E-state index contributed by atoms with van der Waals surface area (Å²) in [5.41, 5.74) is 5.84. The van der Waals surface area contributed by atoms with E-state index >= 15 is 0 Å². The quantitative estimate of drug-likeness (QED) is 0.876. The lowest BCUT2D eigenvalue weighted by atomic mass is 10.0. The van der Waals surface area contributed by atoms with E-state index in [4.69, 9.17) is 10.8 Å². The molecule has 17 heavy (non-hydrogen) atoms. The van der Waals surface area contributed by atoms with E-state index < -0.39 is 18.6 Å². The average molecular weight is 310 g/mol. The van der Waals surface area contributed by atoms with Gasteiger partial charge in [-0.1, -0.05) is 15.9 Å². The van der Waals surface area contributed by atoms with Gasteiger partial charge in [0.15, 0.2) is 0 Å². The minimum atomic E-state index is -2.98. The molecule has 0 spiro atoms. The number of carboxylic acid groups (broad SMARTS) is 1. The van der Waals surface area contributed by atoms with Crippen molar-refractivity contribution in [3.8, 4) is 5.75 Å². The minimum absolute atomic E-state index is 0.114. The average Bonchev–Trinajstić information content (AvgIpc) is 2.19. The monoisotopic (exact) mass is 309 g/mol. The highest BCUT2D eigenvalue weighted by atomic mass is 79.9. The van der Waals surface area contributed by atoms with Crippen LogP contribution in [0.4, 0.5) is 8.78 Å². The summed E-state index contributed by atoms with van der Waals surface area (Å²) >= 11 is 3.15. The van der Waals surface area contributed by atoms with Crippen LogP contribution in [0, 0.1) is 0 Å². The first-order chi connectivity index (χ1) is 7.90. The number of ether oxygens (including phenoxy) is 1. The maximum Gasteiger partial charge on any atom is 0.387 e. The Labute approximate surface area is 104 Å². The predicted molar refractivity (Wildman–Crippen MR) is 60.0 cm³/mol. The first-order valence-electron chi connectivity index (χ1n) is 4.61. The number of rotatable bonds is 5. The van der Waals surface area contributed by atoms with E-state index in [0.717, 1.165) is 0 Å². The fraction of sp³-hybridized carbons (Fsp3) is 0.300. The number of benzene rings is 1. The summed E-state index contributed by atoms with van der Waals surface area (Å²) in [7, 11) is 0. The first-order valence-corrected chi connectivity index (χ1v) is 5.41. The Morgan fingerprint density at radius 1 is 1.53 bits per heavy atom. The molecule has 1 atom stereocenters. The van der Waals surface area contributed by atoms with Gasteiger partial charge in [0.25, 0.3) is 0 Å². The van der Waals surface area contributed by atoms with E-state index in [0.29, 0.717) is 4.47 Å². The van der Waals surface area contributed by atoms with Gasteiger partial charge in [0.1, 0.15) is 5.75 Å². The fourth-order valence-electron chi connectivity index (χ4n) is 1.31. The number of hydrogen-bond acceptors (Lipinski definition) is 3. The van der Waals surface area contributed by atoms with Crippen LogP contribution in [0.3, 0.4) is 0 Å². The molecule has 0 fully saturated rings. The zero-order valence-electron chi connectivity index (χ0n) is 8.57. The van der Waals surface area contributed by atoms with Crippen LogP contribution in [0.5, 0.6) is 5.75 Å². The molecule has 0 aliphatic carbocycles. The van der Waals surface area contributed by atoms with Crippen molar-refractivity contribution in [3.05, 3.63) is 28.2 Å². The van der Waals surface area contributed by atoms with E-state index in [1.54, 1.807) is 0 Å². The van der Waals surface area contributed by atoms with Crippen LogP contribution in [-0.4, -0.2) is 17.7 Å². The normalized spacial score (nSPS) is 12.5. The molecular formula is C10H10BrF2NO3. The molecule has 0 unspecified atom stereocenters. The number of carboxylic acids is 1. The van der Waals surface area contributed by atoms with Gasteiger partial charge in [0.2, 0.25) is 0 Å². The Kier molecular flexibility index (Phi) is 4.83. The zero-order chi connectivity index (χ0) is 13.0. The van der Waals surface area contributed by atoms with Crippen molar-refractivity contribution in [1.82, 2.24) is 0 Å². The smallest absolute Gasteiger partial charge is 0.387 e. The van der Waals surface area contributed by atoms with E-state index in [1.165, 1.54) is 18.2 Å². The molecule has 0 aliphatic heterocycles. The third-order valence-corrected chi connectivity index (χ3v) is 2.48. The molecule has 0 saturated carbocycles. The van der Waals surface area contributed by atoms with Gasteiger partial charge in [-0.3, -0.25) is 4.79 Å². The van der Waals surface area contributed by atoms with Crippen molar-refractivity contribution in [2.24, 2.45) is 5.73 Å². The minimum Gasteiger partial charge on any atom is -0.481 e. The van der Waals surface area contributed by atoms with E-state index in [2.05, 4.69) is 20.7 Å². The molecule has 0 bridgehead atoms. The van der Waals surface area contributed by atoms with Gasteiger partial charge in [0.05, 0.1) is 6.42 Å². The number of nitrogens with two attached hydrogens (primary N) is 1.